The predicted molar refractivity (Wildman–Crippen MR) is 74.4 cm³/mol. The molecule has 6 heteroatoms. The van der Waals surface area contributed by atoms with Gasteiger partial charge in [0.2, 0.25) is 10.0 Å². The van der Waals surface area contributed by atoms with Crippen molar-refractivity contribution in [3.8, 4) is 0 Å². The van der Waals surface area contributed by atoms with E-state index in [-0.39, 0.29) is 5.41 Å². The maximum Gasteiger partial charge on any atom is 0.324 e. The summed E-state index contributed by atoms with van der Waals surface area (Å²) in [6.45, 7) is 0. The summed E-state index contributed by atoms with van der Waals surface area (Å²) in [5, 5.41) is 0. The number of carbonyl (C=O) groups is 1. The highest BCUT2D eigenvalue weighted by Crippen LogP contribution is 2.61. The van der Waals surface area contributed by atoms with Crippen molar-refractivity contribution in [3.63, 3.8) is 0 Å². The van der Waals surface area contributed by atoms with Gasteiger partial charge in [-0.25, -0.2) is 13.1 Å². The second-order valence-corrected chi connectivity index (χ2v) is 8.91. The largest absolute Gasteiger partial charge is 0.468 e. The molecule has 4 saturated carbocycles. The normalized spacial score (nSPS) is 40.6. The van der Waals surface area contributed by atoms with E-state index in [0.717, 1.165) is 25.5 Å². The number of hydrogen-bond acceptors (Lipinski definition) is 4. The molecule has 0 aliphatic heterocycles. The minimum atomic E-state index is -3.42. The van der Waals surface area contributed by atoms with E-state index in [1.165, 1.54) is 26.4 Å². The van der Waals surface area contributed by atoms with Crippen LogP contribution in [-0.2, 0) is 19.6 Å². The van der Waals surface area contributed by atoms with E-state index in [2.05, 4.69) is 4.72 Å². The Morgan fingerprint density at radius 3 is 1.95 bits per heavy atom. The zero-order valence-corrected chi connectivity index (χ0v) is 12.9. The van der Waals surface area contributed by atoms with Crippen LogP contribution in [0, 0.1) is 23.2 Å². The number of sulfonamides is 1. The average molecular weight is 301 g/mol. The third-order valence-electron chi connectivity index (χ3n) is 5.47. The maximum atomic E-state index is 12.2. The summed E-state index contributed by atoms with van der Waals surface area (Å²) in [5.41, 5.74) is -0.217. The molecule has 0 heterocycles. The number of methoxy groups -OCH3 is 1. The molecular weight excluding hydrogens is 278 g/mol. The van der Waals surface area contributed by atoms with Gasteiger partial charge in [-0.2, -0.15) is 0 Å². The fourth-order valence-electron chi connectivity index (χ4n) is 5.29. The molecule has 0 amide bonds. The smallest absolute Gasteiger partial charge is 0.324 e. The SMILES string of the molecule is COC(=O)[C@@H](NS(C)(=O)=O)C12CC3CC(CC(C3)C1)C2. The Labute approximate surface area is 120 Å². The van der Waals surface area contributed by atoms with Gasteiger partial charge in [-0.1, -0.05) is 0 Å². The fourth-order valence-corrected chi connectivity index (χ4v) is 6.06. The van der Waals surface area contributed by atoms with Crippen molar-refractivity contribution < 1.29 is 17.9 Å². The minimum absolute atomic E-state index is 0.217. The summed E-state index contributed by atoms with van der Waals surface area (Å²) in [5.74, 6) is 1.55. The number of esters is 1. The summed E-state index contributed by atoms with van der Waals surface area (Å²) >= 11 is 0. The molecule has 4 aliphatic rings. The number of ether oxygens (including phenoxy) is 1. The molecule has 1 N–H and O–H groups in total. The Morgan fingerprint density at radius 2 is 1.60 bits per heavy atom. The number of rotatable bonds is 4. The molecule has 4 rings (SSSR count). The second-order valence-electron chi connectivity index (χ2n) is 7.13. The van der Waals surface area contributed by atoms with Crippen molar-refractivity contribution in [2.24, 2.45) is 23.2 Å². The van der Waals surface area contributed by atoms with E-state index in [1.54, 1.807) is 0 Å². The third kappa shape index (κ3) is 2.48. The van der Waals surface area contributed by atoms with Crippen molar-refractivity contribution in [2.45, 2.75) is 44.6 Å². The van der Waals surface area contributed by atoms with Crippen LogP contribution in [0.15, 0.2) is 0 Å². The molecule has 1 atom stereocenters. The van der Waals surface area contributed by atoms with Gasteiger partial charge < -0.3 is 4.74 Å². The first-order valence-electron chi connectivity index (χ1n) is 7.36. The van der Waals surface area contributed by atoms with Crippen LogP contribution in [0.1, 0.15) is 38.5 Å². The summed E-state index contributed by atoms with van der Waals surface area (Å²) in [4.78, 5) is 12.2. The van der Waals surface area contributed by atoms with Crippen molar-refractivity contribution in [1.29, 1.82) is 0 Å². The maximum absolute atomic E-state index is 12.2. The monoisotopic (exact) mass is 301 g/mol. The van der Waals surface area contributed by atoms with Crippen molar-refractivity contribution in [3.05, 3.63) is 0 Å². The van der Waals surface area contributed by atoms with Gasteiger partial charge in [-0.3, -0.25) is 4.79 Å². The van der Waals surface area contributed by atoms with Gasteiger partial charge in [0.25, 0.3) is 0 Å². The molecule has 4 bridgehead atoms. The van der Waals surface area contributed by atoms with Crippen LogP contribution in [0.25, 0.3) is 0 Å². The van der Waals surface area contributed by atoms with Gasteiger partial charge >= 0.3 is 5.97 Å². The van der Waals surface area contributed by atoms with Gasteiger partial charge in [0.05, 0.1) is 13.4 Å². The lowest BCUT2D eigenvalue weighted by Gasteiger charge is -2.58. The van der Waals surface area contributed by atoms with Gasteiger partial charge in [-0.15, -0.1) is 0 Å². The number of carbonyl (C=O) groups excluding carboxylic acids is 1. The molecule has 5 nitrogen and oxygen atoms in total. The van der Waals surface area contributed by atoms with Crippen molar-refractivity contribution in [2.75, 3.05) is 13.4 Å². The van der Waals surface area contributed by atoms with E-state index < -0.39 is 22.0 Å². The average Bonchev–Trinajstić information content (AvgIpc) is 2.32. The fraction of sp³-hybridized carbons (Fsp3) is 0.929. The molecule has 0 aromatic carbocycles. The van der Waals surface area contributed by atoms with E-state index in [1.807, 2.05) is 0 Å². The quantitative estimate of drug-likeness (QED) is 0.794. The molecule has 0 aromatic heterocycles. The first-order chi connectivity index (χ1) is 9.31. The van der Waals surface area contributed by atoms with Crippen LogP contribution in [0.3, 0.4) is 0 Å². The zero-order valence-electron chi connectivity index (χ0n) is 12.1. The Balaban J connectivity index is 1.92. The predicted octanol–water partition coefficient (Wildman–Crippen LogP) is 1.29. The second kappa shape index (κ2) is 4.70. The summed E-state index contributed by atoms with van der Waals surface area (Å²) < 4.78 is 30.7. The minimum Gasteiger partial charge on any atom is -0.468 e. The lowest BCUT2D eigenvalue weighted by molar-refractivity contribution is -0.153. The molecule has 4 aliphatic carbocycles. The van der Waals surface area contributed by atoms with E-state index in [9.17, 15) is 13.2 Å². The Kier molecular flexibility index (Phi) is 3.36. The molecule has 0 radical (unpaired) electrons. The van der Waals surface area contributed by atoms with Crippen molar-refractivity contribution in [1.82, 2.24) is 4.72 Å². The van der Waals surface area contributed by atoms with Gasteiger partial charge in [0.15, 0.2) is 0 Å². The molecule has 20 heavy (non-hydrogen) atoms. The van der Waals surface area contributed by atoms with Crippen LogP contribution in [-0.4, -0.2) is 33.8 Å². The summed E-state index contributed by atoms with van der Waals surface area (Å²) in [6, 6.07) is -0.712. The number of hydrogen-bond donors (Lipinski definition) is 1. The topological polar surface area (TPSA) is 72.5 Å². The van der Waals surface area contributed by atoms with Crippen LogP contribution < -0.4 is 4.72 Å². The first-order valence-corrected chi connectivity index (χ1v) is 9.25. The molecule has 0 saturated heterocycles. The van der Waals surface area contributed by atoms with E-state index >= 15 is 0 Å². The van der Waals surface area contributed by atoms with Crippen LogP contribution >= 0.6 is 0 Å². The lowest BCUT2D eigenvalue weighted by atomic mass is 9.48. The Hall–Kier alpha value is -0.620. The van der Waals surface area contributed by atoms with E-state index in [4.69, 9.17) is 4.74 Å². The highest BCUT2D eigenvalue weighted by atomic mass is 32.2. The third-order valence-corrected chi connectivity index (χ3v) is 6.13. The van der Waals surface area contributed by atoms with Crippen LogP contribution in [0.2, 0.25) is 0 Å². The van der Waals surface area contributed by atoms with E-state index in [0.29, 0.717) is 17.8 Å². The van der Waals surface area contributed by atoms with Crippen LogP contribution in [0.5, 0.6) is 0 Å². The van der Waals surface area contributed by atoms with Gasteiger partial charge in [0.1, 0.15) is 6.04 Å². The molecule has 0 unspecified atom stereocenters. The number of nitrogens with one attached hydrogen (secondary N) is 1. The van der Waals surface area contributed by atoms with Crippen LogP contribution in [0.4, 0.5) is 0 Å². The molecule has 4 fully saturated rings. The molecule has 0 aromatic rings. The van der Waals surface area contributed by atoms with Gasteiger partial charge in [-0.05, 0) is 61.7 Å². The molecule has 0 spiro atoms. The van der Waals surface area contributed by atoms with Crippen molar-refractivity contribution >= 4 is 16.0 Å². The Bertz CT molecular complexity index is 478. The highest BCUT2D eigenvalue weighted by molar-refractivity contribution is 7.88. The highest BCUT2D eigenvalue weighted by Gasteiger charge is 2.56. The first kappa shape index (κ1) is 14.3. The summed E-state index contributed by atoms with van der Waals surface area (Å²) in [6.07, 6.45) is 7.76. The lowest BCUT2D eigenvalue weighted by Crippen LogP contribution is -2.59. The summed E-state index contributed by atoms with van der Waals surface area (Å²) in [7, 11) is -2.09. The molecular formula is C14H23NO4S. The van der Waals surface area contributed by atoms with Gasteiger partial charge in [0, 0.05) is 0 Å². The standard InChI is InChI=1S/C14H23NO4S/c1-19-13(16)12(15-20(2,17)18)14-6-9-3-10(7-14)5-11(4-9)8-14/h9-12,15H,3-8H2,1-2H3/t9?,10?,11?,12-,14?/m1/s1. The Morgan fingerprint density at radius 1 is 1.15 bits per heavy atom. The molecule has 114 valence electrons. The zero-order chi connectivity index (χ0) is 14.5.